The van der Waals surface area contributed by atoms with Crippen LogP contribution < -0.4 is 0 Å². The van der Waals surface area contributed by atoms with E-state index in [-0.39, 0.29) is 17.8 Å². The van der Waals surface area contributed by atoms with E-state index in [1.165, 1.54) is 13.0 Å². The monoisotopic (exact) mass is 235 g/mol. The minimum absolute atomic E-state index is 0.0225. The van der Waals surface area contributed by atoms with Crippen LogP contribution in [0.5, 0.6) is 0 Å². The number of rotatable bonds is 5. The predicted octanol–water partition coefficient (Wildman–Crippen LogP) is 1.45. The first kappa shape index (κ1) is 13.2. The third-order valence-electron chi connectivity index (χ3n) is 2.54. The number of esters is 1. The first-order valence-electron chi connectivity index (χ1n) is 5.46. The maximum absolute atomic E-state index is 11.4. The first-order chi connectivity index (χ1) is 8.08. The second-order valence-electron chi connectivity index (χ2n) is 3.85. The van der Waals surface area contributed by atoms with Crippen molar-refractivity contribution >= 4 is 11.8 Å². The Morgan fingerprint density at radius 3 is 2.94 bits per heavy atom. The lowest BCUT2D eigenvalue weighted by Crippen LogP contribution is -2.45. The lowest BCUT2D eigenvalue weighted by atomic mass is 9.99. The van der Waals surface area contributed by atoms with Crippen LogP contribution in [-0.2, 0) is 14.3 Å². The zero-order chi connectivity index (χ0) is 12.8. The normalized spacial score (nSPS) is 20.9. The second-order valence-corrected chi connectivity index (χ2v) is 3.85. The largest absolute Gasteiger partial charge is 0.456 e. The molecule has 0 aromatic carbocycles. The van der Waals surface area contributed by atoms with Crippen molar-refractivity contribution in [2.24, 2.45) is 0 Å². The van der Waals surface area contributed by atoms with E-state index in [1.54, 1.807) is 18.4 Å². The average Bonchev–Trinajstić information content (AvgIpc) is 2.28. The molecule has 0 radical (unpaired) electrons. The van der Waals surface area contributed by atoms with Crippen molar-refractivity contribution in [3.05, 3.63) is 37.6 Å². The van der Waals surface area contributed by atoms with Crippen LogP contribution in [0.25, 0.3) is 0 Å². The van der Waals surface area contributed by atoms with Crippen molar-refractivity contribution in [2.45, 2.75) is 25.5 Å². The Bertz CT molecular complexity index is 360. The van der Waals surface area contributed by atoms with E-state index in [4.69, 9.17) is 4.74 Å². The molecule has 1 heterocycles. The lowest BCUT2D eigenvalue weighted by molar-refractivity contribution is -0.147. The van der Waals surface area contributed by atoms with Crippen molar-refractivity contribution in [2.75, 3.05) is 6.54 Å². The molecule has 0 spiro atoms. The molecule has 0 bridgehead atoms. The minimum Gasteiger partial charge on any atom is -0.456 e. The van der Waals surface area contributed by atoms with Gasteiger partial charge >= 0.3 is 5.97 Å². The van der Waals surface area contributed by atoms with Gasteiger partial charge in [0.05, 0.1) is 6.04 Å². The fourth-order valence-corrected chi connectivity index (χ4v) is 1.81. The second kappa shape index (κ2) is 6.03. The summed E-state index contributed by atoms with van der Waals surface area (Å²) in [5, 5.41) is 0. The maximum atomic E-state index is 11.4. The van der Waals surface area contributed by atoms with Gasteiger partial charge in [0.2, 0.25) is 0 Å². The van der Waals surface area contributed by atoms with Gasteiger partial charge in [-0.25, -0.2) is 0 Å². The van der Waals surface area contributed by atoms with Gasteiger partial charge in [-0.15, -0.1) is 6.58 Å². The quantitative estimate of drug-likeness (QED) is 0.534. The molecule has 4 nitrogen and oxygen atoms in total. The van der Waals surface area contributed by atoms with Gasteiger partial charge in [0.1, 0.15) is 6.10 Å². The first-order valence-corrected chi connectivity index (χ1v) is 5.46. The molecule has 0 aromatic rings. The number of hydrogen-bond donors (Lipinski definition) is 0. The molecule has 2 atom stereocenters. The van der Waals surface area contributed by atoms with Crippen LogP contribution >= 0.6 is 0 Å². The standard InChI is InChI=1S/C13H17NO3/c1-4-7-14-8-6-11(16)9-12(14)13(5-2)17-10(3)15/h4-6,8,12-13H,1-2,7,9H2,3H3/t12?,13-/m1/s1. The number of hydrogen-bond acceptors (Lipinski definition) is 4. The van der Waals surface area contributed by atoms with Crippen molar-refractivity contribution < 1.29 is 14.3 Å². The van der Waals surface area contributed by atoms with E-state index >= 15 is 0 Å². The van der Waals surface area contributed by atoms with Gasteiger partial charge in [-0.3, -0.25) is 9.59 Å². The van der Waals surface area contributed by atoms with E-state index in [0.717, 1.165) is 0 Å². The summed E-state index contributed by atoms with van der Waals surface area (Å²) < 4.78 is 5.14. The van der Waals surface area contributed by atoms with Crippen LogP contribution in [-0.4, -0.2) is 35.3 Å². The summed E-state index contributed by atoms with van der Waals surface area (Å²) in [5.41, 5.74) is 0. The zero-order valence-electron chi connectivity index (χ0n) is 9.96. The van der Waals surface area contributed by atoms with Crippen molar-refractivity contribution in [3.63, 3.8) is 0 Å². The molecule has 1 aliphatic rings. The van der Waals surface area contributed by atoms with Crippen molar-refractivity contribution in [3.8, 4) is 0 Å². The molecule has 17 heavy (non-hydrogen) atoms. The molecular weight excluding hydrogens is 218 g/mol. The number of allylic oxidation sites excluding steroid dienone is 1. The highest BCUT2D eigenvalue weighted by molar-refractivity contribution is 5.91. The van der Waals surface area contributed by atoms with E-state index in [1.807, 2.05) is 4.90 Å². The molecule has 1 rings (SSSR count). The summed E-state index contributed by atoms with van der Waals surface area (Å²) in [6.45, 7) is 9.24. The highest BCUT2D eigenvalue weighted by Gasteiger charge is 2.29. The van der Waals surface area contributed by atoms with Gasteiger partial charge in [0, 0.05) is 26.1 Å². The summed E-state index contributed by atoms with van der Waals surface area (Å²) >= 11 is 0. The predicted molar refractivity (Wildman–Crippen MR) is 65.2 cm³/mol. The Morgan fingerprint density at radius 1 is 1.71 bits per heavy atom. The Kier molecular flexibility index (Phi) is 4.69. The van der Waals surface area contributed by atoms with E-state index in [2.05, 4.69) is 13.2 Å². The fraction of sp³-hybridized carbons (Fsp3) is 0.385. The van der Waals surface area contributed by atoms with E-state index in [9.17, 15) is 9.59 Å². The molecule has 0 saturated carbocycles. The Hall–Kier alpha value is -1.84. The number of ketones is 1. The van der Waals surface area contributed by atoms with Gasteiger partial charge in [-0.05, 0) is 12.2 Å². The molecule has 0 saturated heterocycles. The highest BCUT2D eigenvalue weighted by Crippen LogP contribution is 2.19. The van der Waals surface area contributed by atoms with Crippen molar-refractivity contribution in [1.29, 1.82) is 0 Å². The molecule has 0 N–H and O–H groups in total. The van der Waals surface area contributed by atoms with Crippen LogP contribution in [0.1, 0.15) is 13.3 Å². The summed E-state index contributed by atoms with van der Waals surface area (Å²) in [4.78, 5) is 24.3. The van der Waals surface area contributed by atoms with Gasteiger partial charge in [0.15, 0.2) is 5.78 Å². The number of ether oxygens (including phenoxy) is 1. The van der Waals surface area contributed by atoms with Crippen LogP contribution in [0.15, 0.2) is 37.6 Å². The topological polar surface area (TPSA) is 46.6 Å². The average molecular weight is 235 g/mol. The van der Waals surface area contributed by atoms with Crippen LogP contribution in [0, 0.1) is 0 Å². The summed E-state index contributed by atoms with van der Waals surface area (Å²) in [6.07, 6.45) is 6.34. The van der Waals surface area contributed by atoms with Gasteiger partial charge in [-0.1, -0.05) is 12.7 Å². The fourth-order valence-electron chi connectivity index (χ4n) is 1.81. The van der Waals surface area contributed by atoms with Crippen LogP contribution in [0.2, 0.25) is 0 Å². The molecule has 1 unspecified atom stereocenters. The molecule has 0 aromatic heterocycles. The minimum atomic E-state index is -0.485. The highest BCUT2D eigenvalue weighted by atomic mass is 16.5. The molecular formula is C13H17NO3. The van der Waals surface area contributed by atoms with E-state index in [0.29, 0.717) is 13.0 Å². The Balaban J connectivity index is 2.85. The maximum Gasteiger partial charge on any atom is 0.303 e. The molecule has 4 heteroatoms. The molecule has 1 aliphatic heterocycles. The van der Waals surface area contributed by atoms with Gasteiger partial charge < -0.3 is 9.64 Å². The van der Waals surface area contributed by atoms with Gasteiger partial charge in [0.25, 0.3) is 0 Å². The van der Waals surface area contributed by atoms with Crippen LogP contribution in [0.3, 0.4) is 0 Å². The summed E-state index contributed by atoms with van der Waals surface area (Å²) in [5.74, 6) is -0.357. The zero-order valence-corrected chi connectivity index (χ0v) is 9.96. The molecule has 0 aliphatic carbocycles. The molecule has 0 fully saturated rings. The third kappa shape index (κ3) is 3.59. The van der Waals surface area contributed by atoms with Crippen LogP contribution in [0.4, 0.5) is 0 Å². The summed E-state index contributed by atoms with van der Waals surface area (Å²) in [6, 6.07) is -0.202. The SMILES string of the molecule is C=CCN1C=CC(=O)CC1[C@@H](C=C)OC(C)=O. The van der Waals surface area contributed by atoms with Crippen molar-refractivity contribution in [1.82, 2.24) is 4.90 Å². The number of carbonyl (C=O) groups is 2. The Labute approximate surface area is 101 Å². The molecule has 0 amide bonds. The number of nitrogens with zero attached hydrogens (tertiary/aromatic N) is 1. The molecule has 92 valence electrons. The smallest absolute Gasteiger partial charge is 0.303 e. The summed E-state index contributed by atoms with van der Waals surface area (Å²) in [7, 11) is 0. The Morgan fingerprint density at radius 2 is 2.41 bits per heavy atom. The lowest BCUT2D eigenvalue weighted by Gasteiger charge is -2.35. The van der Waals surface area contributed by atoms with Gasteiger partial charge in [-0.2, -0.15) is 0 Å². The number of carbonyl (C=O) groups excluding carboxylic acids is 2. The third-order valence-corrected chi connectivity index (χ3v) is 2.54. The van der Waals surface area contributed by atoms with E-state index < -0.39 is 6.10 Å².